The first-order valence-electron chi connectivity index (χ1n) is 8.47. The first-order chi connectivity index (χ1) is 12.2. The summed E-state index contributed by atoms with van der Waals surface area (Å²) in [6.07, 6.45) is 1.51. The smallest absolute Gasteiger partial charge is 0.256 e. The molecule has 0 N–H and O–H groups in total. The van der Waals surface area contributed by atoms with E-state index in [1.807, 2.05) is 30.3 Å². The van der Waals surface area contributed by atoms with E-state index >= 15 is 0 Å². The summed E-state index contributed by atoms with van der Waals surface area (Å²) in [5.74, 6) is -0.761. The van der Waals surface area contributed by atoms with Crippen molar-refractivity contribution in [3.05, 3.63) is 65.7 Å². The molecule has 25 heavy (non-hydrogen) atoms. The van der Waals surface area contributed by atoms with Crippen LogP contribution in [0.15, 0.2) is 54.6 Å². The first-order valence-corrected chi connectivity index (χ1v) is 8.47. The second kappa shape index (κ2) is 6.16. The highest BCUT2D eigenvalue weighted by molar-refractivity contribution is 6.22. The Morgan fingerprint density at radius 1 is 1.00 bits per heavy atom. The molecule has 2 heterocycles. The Kier molecular flexibility index (Phi) is 3.84. The van der Waals surface area contributed by atoms with Gasteiger partial charge in [-0.3, -0.25) is 14.4 Å². The van der Waals surface area contributed by atoms with Gasteiger partial charge >= 0.3 is 0 Å². The molecule has 2 aliphatic heterocycles. The Morgan fingerprint density at radius 2 is 1.72 bits per heavy atom. The van der Waals surface area contributed by atoms with Crippen LogP contribution < -0.4 is 4.90 Å². The fourth-order valence-corrected chi connectivity index (χ4v) is 3.65. The van der Waals surface area contributed by atoms with Crippen LogP contribution in [0, 0.1) is 0 Å². The molecular formula is C20H18N2O3. The summed E-state index contributed by atoms with van der Waals surface area (Å²) in [5, 5.41) is 0. The molecule has 0 aliphatic carbocycles. The van der Waals surface area contributed by atoms with Crippen LogP contribution in [0.2, 0.25) is 0 Å². The molecule has 0 saturated carbocycles. The predicted molar refractivity (Wildman–Crippen MR) is 93.1 cm³/mol. The standard InChI is InChI=1S/C20H18N2O3/c23-18(13-14-7-2-1-3-8-14)22-16-10-5-4-9-15(16)19(24)21-12-6-11-17(21)20(22)25/h1-5,7-10,17H,6,11-13H2/t17-/m1/s1. The van der Waals surface area contributed by atoms with Gasteiger partial charge in [-0.25, -0.2) is 4.90 Å². The van der Waals surface area contributed by atoms with Crippen LogP contribution in [-0.4, -0.2) is 35.2 Å². The minimum absolute atomic E-state index is 0.127. The zero-order valence-corrected chi connectivity index (χ0v) is 13.7. The van der Waals surface area contributed by atoms with E-state index in [0.717, 1.165) is 12.0 Å². The molecule has 0 radical (unpaired) electrons. The quantitative estimate of drug-likeness (QED) is 0.847. The van der Waals surface area contributed by atoms with Crippen molar-refractivity contribution in [2.45, 2.75) is 25.3 Å². The molecule has 1 atom stereocenters. The summed E-state index contributed by atoms with van der Waals surface area (Å²) in [4.78, 5) is 41.7. The van der Waals surface area contributed by atoms with Gasteiger partial charge in [0.15, 0.2) is 0 Å². The highest BCUT2D eigenvalue weighted by Gasteiger charge is 2.43. The molecule has 3 amide bonds. The molecule has 0 spiro atoms. The first kappa shape index (κ1) is 15.6. The second-order valence-electron chi connectivity index (χ2n) is 6.40. The third-order valence-electron chi connectivity index (χ3n) is 4.84. The van der Waals surface area contributed by atoms with E-state index in [-0.39, 0.29) is 24.1 Å². The maximum atomic E-state index is 13.1. The van der Waals surface area contributed by atoms with Gasteiger partial charge < -0.3 is 4.90 Å². The topological polar surface area (TPSA) is 57.7 Å². The number of hydrogen-bond donors (Lipinski definition) is 0. The van der Waals surface area contributed by atoms with Crippen LogP contribution >= 0.6 is 0 Å². The second-order valence-corrected chi connectivity index (χ2v) is 6.40. The molecular weight excluding hydrogens is 316 g/mol. The van der Waals surface area contributed by atoms with Crippen LogP contribution in [0.1, 0.15) is 28.8 Å². The van der Waals surface area contributed by atoms with Crippen LogP contribution in [0.4, 0.5) is 5.69 Å². The monoisotopic (exact) mass is 334 g/mol. The van der Waals surface area contributed by atoms with Crippen molar-refractivity contribution < 1.29 is 14.4 Å². The lowest BCUT2D eigenvalue weighted by Crippen LogP contribution is -2.47. The van der Waals surface area contributed by atoms with Crippen LogP contribution in [0.3, 0.4) is 0 Å². The molecule has 1 saturated heterocycles. The fraction of sp³-hybridized carbons (Fsp3) is 0.250. The van der Waals surface area contributed by atoms with E-state index in [4.69, 9.17) is 0 Å². The Balaban J connectivity index is 1.76. The van der Waals surface area contributed by atoms with Crippen LogP contribution in [0.5, 0.6) is 0 Å². The third kappa shape index (κ3) is 2.61. The van der Waals surface area contributed by atoms with E-state index in [0.29, 0.717) is 24.2 Å². The number of imide groups is 1. The number of para-hydroxylation sites is 1. The van der Waals surface area contributed by atoms with Crippen molar-refractivity contribution in [3.63, 3.8) is 0 Å². The molecule has 2 aromatic rings. The number of rotatable bonds is 2. The van der Waals surface area contributed by atoms with Gasteiger partial charge in [0.2, 0.25) is 5.91 Å². The van der Waals surface area contributed by atoms with E-state index in [1.165, 1.54) is 4.90 Å². The van der Waals surface area contributed by atoms with E-state index < -0.39 is 6.04 Å². The highest BCUT2D eigenvalue weighted by atomic mass is 16.2. The van der Waals surface area contributed by atoms with E-state index in [2.05, 4.69) is 0 Å². The zero-order valence-electron chi connectivity index (χ0n) is 13.7. The predicted octanol–water partition coefficient (Wildman–Crippen LogP) is 2.41. The fourth-order valence-electron chi connectivity index (χ4n) is 3.65. The highest BCUT2D eigenvalue weighted by Crippen LogP contribution is 2.32. The average Bonchev–Trinajstić information content (AvgIpc) is 3.09. The van der Waals surface area contributed by atoms with E-state index in [9.17, 15) is 14.4 Å². The molecule has 4 rings (SSSR count). The lowest BCUT2D eigenvalue weighted by molar-refractivity contribution is -0.128. The zero-order chi connectivity index (χ0) is 17.4. The van der Waals surface area contributed by atoms with Crippen molar-refractivity contribution in [1.29, 1.82) is 0 Å². The van der Waals surface area contributed by atoms with Crippen LogP contribution in [-0.2, 0) is 16.0 Å². The number of benzene rings is 2. The van der Waals surface area contributed by atoms with Gasteiger partial charge in [-0.1, -0.05) is 42.5 Å². The van der Waals surface area contributed by atoms with Crippen molar-refractivity contribution in [2.75, 3.05) is 11.4 Å². The van der Waals surface area contributed by atoms with Crippen molar-refractivity contribution in [1.82, 2.24) is 4.90 Å². The Labute approximate surface area is 145 Å². The van der Waals surface area contributed by atoms with Gasteiger partial charge in [-0.15, -0.1) is 0 Å². The molecule has 126 valence electrons. The Morgan fingerprint density at radius 3 is 2.52 bits per heavy atom. The largest absolute Gasteiger partial charge is 0.327 e. The van der Waals surface area contributed by atoms with Crippen molar-refractivity contribution in [2.24, 2.45) is 0 Å². The SMILES string of the molecule is O=C(Cc1ccccc1)N1C(=O)[C@H]2CCCN2C(=O)c2ccccc21. The number of fused-ring (bicyclic) bond motifs is 2. The number of carbonyl (C=O) groups excluding carboxylic acids is 3. The number of amides is 3. The Hall–Kier alpha value is -2.95. The van der Waals surface area contributed by atoms with Crippen molar-refractivity contribution in [3.8, 4) is 0 Å². The molecule has 5 nitrogen and oxygen atoms in total. The molecule has 0 unspecified atom stereocenters. The summed E-state index contributed by atoms with van der Waals surface area (Å²) < 4.78 is 0. The lowest BCUT2D eigenvalue weighted by Gasteiger charge is -2.24. The van der Waals surface area contributed by atoms with Gasteiger partial charge in [0.25, 0.3) is 11.8 Å². The van der Waals surface area contributed by atoms with E-state index in [1.54, 1.807) is 29.2 Å². The minimum atomic E-state index is -0.542. The summed E-state index contributed by atoms with van der Waals surface area (Å²) in [6.45, 7) is 0.560. The number of carbonyl (C=O) groups is 3. The molecule has 5 heteroatoms. The van der Waals surface area contributed by atoms with Gasteiger partial charge in [0.1, 0.15) is 6.04 Å². The van der Waals surface area contributed by atoms with Crippen LogP contribution in [0.25, 0.3) is 0 Å². The summed E-state index contributed by atoms with van der Waals surface area (Å²) >= 11 is 0. The number of anilines is 1. The van der Waals surface area contributed by atoms with Gasteiger partial charge in [0.05, 0.1) is 17.7 Å². The Bertz CT molecular complexity index is 847. The molecule has 0 bridgehead atoms. The average molecular weight is 334 g/mol. The van der Waals surface area contributed by atoms with Gasteiger partial charge in [-0.05, 0) is 30.5 Å². The van der Waals surface area contributed by atoms with Gasteiger partial charge in [-0.2, -0.15) is 0 Å². The maximum Gasteiger partial charge on any atom is 0.256 e. The lowest BCUT2D eigenvalue weighted by atomic mass is 10.1. The summed E-state index contributed by atoms with van der Waals surface area (Å²) in [7, 11) is 0. The molecule has 1 fully saturated rings. The normalized spacial score (nSPS) is 19.4. The maximum absolute atomic E-state index is 13.1. The third-order valence-corrected chi connectivity index (χ3v) is 4.84. The molecule has 2 aliphatic rings. The van der Waals surface area contributed by atoms with Crippen molar-refractivity contribution >= 4 is 23.4 Å². The molecule has 2 aromatic carbocycles. The summed E-state index contributed by atoms with van der Waals surface area (Å²) in [5.41, 5.74) is 1.66. The molecule has 0 aromatic heterocycles. The summed E-state index contributed by atoms with van der Waals surface area (Å²) in [6, 6.07) is 15.7. The van der Waals surface area contributed by atoms with Gasteiger partial charge in [0, 0.05) is 6.54 Å². The number of nitrogens with zero attached hydrogens (tertiary/aromatic N) is 2. The minimum Gasteiger partial charge on any atom is -0.327 e. The number of hydrogen-bond acceptors (Lipinski definition) is 3.